The molecule has 2 amide bonds. The Hall–Kier alpha value is -2.51. The molecule has 1 aliphatic rings. The zero-order valence-electron chi connectivity index (χ0n) is 14.6. The van der Waals surface area contributed by atoms with Gasteiger partial charge in [-0.25, -0.2) is 4.79 Å². The zero-order valence-corrected chi connectivity index (χ0v) is 15.5. The van der Waals surface area contributed by atoms with Crippen LogP contribution in [-0.2, 0) is 0 Å². The molecule has 5 N–H and O–H groups in total. The molecule has 26 heavy (non-hydrogen) atoms. The van der Waals surface area contributed by atoms with E-state index < -0.39 is 0 Å². The van der Waals surface area contributed by atoms with Gasteiger partial charge >= 0.3 is 6.03 Å². The Labute approximate surface area is 157 Å². The van der Waals surface area contributed by atoms with Crippen LogP contribution in [0.3, 0.4) is 0 Å². The Bertz CT molecular complexity index is 775. The van der Waals surface area contributed by atoms with Crippen LogP contribution >= 0.6 is 11.8 Å². The highest BCUT2D eigenvalue weighted by Gasteiger charge is 2.17. The maximum Gasteiger partial charge on any atom is 0.319 e. The number of thioether (sulfide) groups is 1. The van der Waals surface area contributed by atoms with Crippen LogP contribution in [0.1, 0.15) is 12.0 Å². The van der Waals surface area contributed by atoms with Crippen molar-refractivity contribution in [3.8, 4) is 0 Å². The molecule has 136 valence electrons. The van der Waals surface area contributed by atoms with E-state index in [4.69, 9.17) is 5.41 Å². The van der Waals surface area contributed by atoms with E-state index in [1.807, 2.05) is 54.8 Å². The third-order valence-corrected chi connectivity index (χ3v) is 4.80. The summed E-state index contributed by atoms with van der Waals surface area (Å²) in [7, 11) is 0. The molecule has 0 bridgehead atoms. The van der Waals surface area contributed by atoms with Crippen LogP contribution in [0, 0.1) is 5.41 Å². The topological polar surface area (TPSA) is 89.0 Å². The molecule has 1 unspecified atom stereocenters. The molecule has 0 spiro atoms. The standard InChI is InChI=1S/C19H23N5OS/c1-26-18(20)16-8-7-14(23-19(25)24-15-9-10-21-12-15)11-17(16)22-13-5-3-2-4-6-13/h2-8,11,15,20-22H,9-10,12H2,1H3,(H2,23,24,25). The number of amides is 2. The lowest BCUT2D eigenvalue weighted by Crippen LogP contribution is -2.39. The maximum absolute atomic E-state index is 12.2. The molecule has 1 fully saturated rings. The number of benzene rings is 2. The molecule has 7 heteroatoms. The smallest absolute Gasteiger partial charge is 0.319 e. The van der Waals surface area contributed by atoms with E-state index in [1.165, 1.54) is 11.8 Å². The van der Waals surface area contributed by atoms with Gasteiger partial charge in [-0.15, -0.1) is 11.8 Å². The number of urea groups is 1. The van der Waals surface area contributed by atoms with Crippen molar-refractivity contribution in [1.29, 1.82) is 5.41 Å². The minimum absolute atomic E-state index is 0.167. The third-order valence-electron chi connectivity index (χ3n) is 4.17. The second kappa shape index (κ2) is 8.73. The Morgan fingerprint density at radius 1 is 1.19 bits per heavy atom. The van der Waals surface area contributed by atoms with Crippen LogP contribution in [0.2, 0.25) is 0 Å². The highest BCUT2D eigenvalue weighted by atomic mass is 32.2. The highest BCUT2D eigenvalue weighted by Crippen LogP contribution is 2.27. The second-order valence-electron chi connectivity index (χ2n) is 6.07. The van der Waals surface area contributed by atoms with Gasteiger partial charge in [-0.2, -0.15) is 0 Å². The van der Waals surface area contributed by atoms with Gasteiger partial charge in [0.25, 0.3) is 0 Å². The Balaban J connectivity index is 1.77. The van der Waals surface area contributed by atoms with Crippen LogP contribution in [0.25, 0.3) is 0 Å². The second-order valence-corrected chi connectivity index (χ2v) is 6.89. The molecule has 0 saturated carbocycles. The quantitative estimate of drug-likeness (QED) is 0.411. The Morgan fingerprint density at radius 2 is 2.00 bits per heavy atom. The molecule has 6 nitrogen and oxygen atoms in total. The lowest BCUT2D eigenvalue weighted by Gasteiger charge is -2.16. The van der Waals surface area contributed by atoms with Crippen molar-refractivity contribution < 1.29 is 4.79 Å². The van der Waals surface area contributed by atoms with E-state index in [9.17, 15) is 4.79 Å². The number of carbonyl (C=O) groups is 1. The average Bonchev–Trinajstić information content (AvgIpc) is 3.15. The summed E-state index contributed by atoms with van der Waals surface area (Å²) in [4.78, 5) is 12.2. The zero-order chi connectivity index (χ0) is 18.4. The molecular formula is C19H23N5OS. The maximum atomic E-state index is 12.2. The summed E-state index contributed by atoms with van der Waals surface area (Å²) in [5, 5.41) is 21.0. The predicted molar refractivity (Wildman–Crippen MR) is 110 cm³/mol. The lowest BCUT2D eigenvalue weighted by atomic mass is 10.1. The van der Waals surface area contributed by atoms with Crippen molar-refractivity contribution in [3.05, 3.63) is 54.1 Å². The van der Waals surface area contributed by atoms with E-state index in [2.05, 4.69) is 21.3 Å². The molecule has 3 rings (SSSR count). The fourth-order valence-electron chi connectivity index (χ4n) is 2.84. The summed E-state index contributed by atoms with van der Waals surface area (Å²) in [5.74, 6) is 0. The first-order chi connectivity index (χ1) is 12.7. The van der Waals surface area contributed by atoms with Gasteiger partial charge in [0.15, 0.2) is 0 Å². The summed E-state index contributed by atoms with van der Waals surface area (Å²) in [6.07, 6.45) is 2.82. The van der Waals surface area contributed by atoms with E-state index in [-0.39, 0.29) is 12.1 Å². The summed E-state index contributed by atoms with van der Waals surface area (Å²) in [6.45, 7) is 1.74. The molecule has 0 radical (unpaired) electrons. The largest absolute Gasteiger partial charge is 0.355 e. The lowest BCUT2D eigenvalue weighted by molar-refractivity contribution is 0.249. The molecule has 2 aromatic carbocycles. The molecule has 1 heterocycles. The highest BCUT2D eigenvalue weighted by molar-refractivity contribution is 8.13. The number of carbonyl (C=O) groups excluding carboxylic acids is 1. The molecule has 1 atom stereocenters. The summed E-state index contributed by atoms with van der Waals surface area (Å²) < 4.78 is 0. The summed E-state index contributed by atoms with van der Waals surface area (Å²) >= 11 is 1.38. The van der Waals surface area contributed by atoms with Gasteiger partial charge in [-0.3, -0.25) is 5.41 Å². The fraction of sp³-hybridized carbons (Fsp3) is 0.263. The molecule has 1 saturated heterocycles. The van der Waals surface area contributed by atoms with Crippen molar-refractivity contribution in [2.45, 2.75) is 12.5 Å². The SMILES string of the molecule is CSC(=N)c1ccc(NC(=O)NC2CCNC2)cc1Nc1ccccc1. The number of rotatable bonds is 5. The third kappa shape index (κ3) is 4.77. The van der Waals surface area contributed by atoms with Crippen LogP contribution in [0.5, 0.6) is 0 Å². The summed E-state index contributed by atoms with van der Waals surface area (Å²) in [6, 6.07) is 15.3. The number of nitrogens with one attached hydrogen (secondary N) is 5. The van der Waals surface area contributed by atoms with Gasteiger partial charge in [0.2, 0.25) is 0 Å². The number of anilines is 3. The molecule has 2 aromatic rings. The van der Waals surface area contributed by atoms with Crippen LogP contribution in [0.15, 0.2) is 48.5 Å². The van der Waals surface area contributed by atoms with Gasteiger partial charge in [0.1, 0.15) is 0 Å². The first kappa shape index (κ1) is 18.3. The van der Waals surface area contributed by atoms with Gasteiger partial charge in [0.05, 0.1) is 10.7 Å². The van der Waals surface area contributed by atoms with Gasteiger partial charge < -0.3 is 21.3 Å². The van der Waals surface area contributed by atoms with Crippen molar-refractivity contribution >= 4 is 39.9 Å². The van der Waals surface area contributed by atoms with E-state index in [1.54, 1.807) is 0 Å². The normalized spacial score (nSPS) is 16.1. The number of hydrogen-bond acceptors (Lipinski definition) is 5. The fourth-order valence-corrected chi connectivity index (χ4v) is 3.24. The van der Waals surface area contributed by atoms with E-state index in [0.717, 1.165) is 36.4 Å². The van der Waals surface area contributed by atoms with Crippen LogP contribution < -0.4 is 21.3 Å². The van der Waals surface area contributed by atoms with Crippen LogP contribution in [0.4, 0.5) is 21.9 Å². The first-order valence-electron chi connectivity index (χ1n) is 8.53. The van der Waals surface area contributed by atoms with Crippen molar-refractivity contribution in [2.24, 2.45) is 0 Å². The van der Waals surface area contributed by atoms with Crippen molar-refractivity contribution in [1.82, 2.24) is 10.6 Å². The van der Waals surface area contributed by atoms with Gasteiger partial charge in [-0.1, -0.05) is 18.2 Å². The van der Waals surface area contributed by atoms with E-state index in [0.29, 0.717) is 10.7 Å². The molecule has 0 aromatic heterocycles. The van der Waals surface area contributed by atoms with Crippen molar-refractivity contribution in [3.63, 3.8) is 0 Å². The monoisotopic (exact) mass is 369 g/mol. The van der Waals surface area contributed by atoms with Crippen LogP contribution in [-0.4, -0.2) is 36.5 Å². The van der Waals surface area contributed by atoms with Crippen molar-refractivity contribution in [2.75, 3.05) is 30.0 Å². The minimum Gasteiger partial charge on any atom is -0.355 e. The predicted octanol–water partition coefficient (Wildman–Crippen LogP) is 3.60. The summed E-state index contributed by atoms with van der Waals surface area (Å²) in [5.41, 5.74) is 3.20. The van der Waals surface area contributed by atoms with Gasteiger partial charge in [0, 0.05) is 29.5 Å². The number of hydrogen-bond donors (Lipinski definition) is 5. The Kier molecular flexibility index (Phi) is 6.14. The average molecular weight is 369 g/mol. The molecule has 1 aliphatic heterocycles. The van der Waals surface area contributed by atoms with E-state index >= 15 is 0 Å². The number of para-hydroxylation sites is 1. The molecule has 0 aliphatic carbocycles. The Morgan fingerprint density at radius 3 is 2.69 bits per heavy atom. The first-order valence-corrected chi connectivity index (χ1v) is 9.75. The minimum atomic E-state index is -0.211. The molecular weight excluding hydrogens is 346 g/mol. The van der Waals surface area contributed by atoms with Gasteiger partial charge in [-0.05, 0) is 49.6 Å².